The van der Waals surface area contributed by atoms with E-state index in [1.54, 1.807) is 30.3 Å². The van der Waals surface area contributed by atoms with Gasteiger partial charge < -0.3 is 10.0 Å². The first-order valence-electron chi connectivity index (χ1n) is 38.4. The molecule has 0 aromatic heterocycles. The molecule has 0 saturated carbocycles. The molecule has 120 heavy (non-hydrogen) atoms. The molecule has 5 aliphatic rings. The molecule has 16 aromatic carbocycles. The average molecular weight is 1650 g/mol. The van der Waals surface area contributed by atoms with Gasteiger partial charge in [0, 0.05) is 23.7 Å². The summed E-state index contributed by atoms with van der Waals surface area (Å²) in [5.41, 5.74) is 30.9. The van der Waals surface area contributed by atoms with E-state index in [0.29, 0.717) is 5.46 Å². The van der Waals surface area contributed by atoms with Gasteiger partial charge in [-0.25, -0.2) is 35.1 Å². The summed E-state index contributed by atoms with van der Waals surface area (Å²) in [5, 5.41) is 46.4. The summed E-state index contributed by atoms with van der Waals surface area (Å²) in [6.45, 7) is 0. The van der Waals surface area contributed by atoms with E-state index >= 15 is 0 Å². The monoisotopic (exact) mass is 1640 g/mol. The van der Waals surface area contributed by atoms with Crippen LogP contribution in [0.25, 0.3) is 77.9 Å². The van der Waals surface area contributed by atoms with Crippen molar-refractivity contribution in [1.82, 2.24) is 0 Å². The van der Waals surface area contributed by atoms with Gasteiger partial charge in [-0.3, -0.25) is 0 Å². The Morgan fingerprint density at radius 1 is 0.258 bits per heavy atom. The Labute approximate surface area is 697 Å². The molecule has 0 spiro atoms. The van der Waals surface area contributed by atoms with Crippen LogP contribution in [0, 0.1) is 80.5 Å². The first-order chi connectivity index (χ1) is 58.1. The molecule has 0 atom stereocenters. The Hall–Kier alpha value is -14.1. The predicted molar refractivity (Wildman–Crippen MR) is 461 cm³/mol. The lowest BCUT2D eigenvalue weighted by Gasteiger charge is -2.35. The van der Waals surface area contributed by atoms with Crippen molar-refractivity contribution in [2.45, 2.75) is 37.5 Å². The van der Waals surface area contributed by atoms with E-state index in [9.17, 15) is 40.4 Å². The highest BCUT2D eigenvalue weighted by Crippen LogP contribution is 2.63. The second-order valence-corrected chi connectivity index (χ2v) is 29.9. The fraction of sp³-hybridized carbons (Fsp3) is 0.0571. The number of halogens is 9. The number of fused-ring (bicyclic) bond motifs is 15. The van der Waals surface area contributed by atoms with Gasteiger partial charge in [0.05, 0.1) is 21.7 Å². The molecule has 0 radical (unpaired) electrons. The maximum Gasteiger partial charge on any atom is 0.488 e. The number of nitrogens with zero attached hydrogens (tertiary/aromatic N) is 3. The Bertz CT molecular complexity index is 6340. The lowest BCUT2D eigenvalue weighted by molar-refractivity contribution is 0.425. The Kier molecular flexibility index (Phi) is 22.5. The first-order valence-corrected chi connectivity index (χ1v) is 39.1. The second kappa shape index (κ2) is 33.8. The van der Waals surface area contributed by atoms with Crippen LogP contribution in [0.2, 0.25) is 0 Å². The highest BCUT2D eigenvalue weighted by molar-refractivity contribution is 9.10. The minimum absolute atomic E-state index is 0. The van der Waals surface area contributed by atoms with Crippen LogP contribution in [-0.4, -0.2) is 17.2 Å². The molecule has 5 aliphatic carbocycles. The number of benzene rings is 16. The highest BCUT2D eigenvalue weighted by atomic mass is 79.9. The SMILES string of the molecule is C.N#Cc1c(C2c3ccccc3-c3ccccc32)c(C2c3ccccc3-c3ccccc32)c(-c2ccccc2)c(C2c3ccccc3-c3ccccc32)c1C1c2ccccc2-c2ccccc21.N#Cc1c(F)c(F)c(-c2ccccc2)c(F)c1F.N#Cc1c(F)c(F)c(Br)c(F)c1F.OB(O)c1ccccc1.c1ccc2c(c1)Cc1ccccc1-2. The van der Waals surface area contributed by atoms with Gasteiger partial charge in [-0.1, -0.05) is 341 Å². The van der Waals surface area contributed by atoms with E-state index in [1.165, 1.54) is 152 Å². The fourth-order valence-corrected chi connectivity index (χ4v) is 18.3. The van der Waals surface area contributed by atoms with Crippen molar-refractivity contribution in [2.24, 2.45) is 0 Å². The molecule has 5 nitrogen and oxygen atoms in total. The minimum Gasteiger partial charge on any atom is -0.423 e. The zero-order valence-corrected chi connectivity index (χ0v) is 64.6. The molecule has 0 aliphatic heterocycles. The summed E-state index contributed by atoms with van der Waals surface area (Å²) < 4.78 is 104. The van der Waals surface area contributed by atoms with Gasteiger partial charge in [-0.2, -0.15) is 15.8 Å². The number of hydrogen-bond acceptors (Lipinski definition) is 5. The van der Waals surface area contributed by atoms with Gasteiger partial charge in [-0.15, -0.1) is 0 Å². The van der Waals surface area contributed by atoms with E-state index in [0.717, 1.165) is 40.8 Å². The van der Waals surface area contributed by atoms with Crippen molar-refractivity contribution in [2.75, 3.05) is 0 Å². The van der Waals surface area contributed by atoms with Crippen molar-refractivity contribution < 1.29 is 45.2 Å². The third kappa shape index (κ3) is 13.8. The zero-order chi connectivity index (χ0) is 82.3. The molecule has 21 rings (SSSR count). The summed E-state index contributed by atoms with van der Waals surface area (Å²) in [6, 6.07) is 122. The highest BCUT2D eigenvalue weighted by Gasteiger charge is 2.47. The van der Waals surface area contributed by atoms with E-state index in [2.05, 4.69) is 295 Å². The molecule has 580 valence electrons. The van der Waals surface area contributed by atoms with Gasteiger partial charge >= 0.3 is 7.12 Å². The smallest absolute Gasteiger partial charge is 0.423 e. The van der Waals surface area contributed by atoms with Crippen LogP contribution in [0.4, 0.5) is 35.1 Å². The predicted octanol–water partition coefficient (Wildman–Crippen LogP) is 25.8. The van der Waals surface area contributed by atoms with Crippen LogP contribution in [0.1, 0.15) is 126 Å². The molecule has 0 bridgehead atoms. The molecular formula is C105H67BBrF8N3O2. The number of nitriles is 3. The van der Waals surface area contributed by atoms with Crippen molar-refractivity contribution in [3.05, 3.63) is 479 Å². The van der Waals surface area contributed by atoms with Crippen molar-refractivity contribution in [3.63, 3.8) is 0 Å². The van der Waals surface area contributed by atoms with E-state index in [1.807, 2.05) is 6.07 Å². The number of rotatable bonds is 7. The van der Waals surface area contributed by atoms with Gasteiger partial charge in [0.15, 0.2) is 46.5 Å². The van der Waals surface area contributed by atoms with Crippen LogP contribution < -0.4 is 5.46 Å². The molecule has 16 aromatic rings. The van der Waals surface area contributed by atoms with E-state index < -0.39 is 74.8 Å². The third-order valence-electron chi connectivity index (χ3n) is 22.9. The minimum atomic E-state index is -1.70. The summed E-state index contributed by atoms with van der Waals surface area (Å²) in [6.07, 6.45) is 1.10. The van der Waals surface area contributed by atoms with Crippen LogP contribution >= 0.6 is 15.9 Å². The standard InChI is InChI=1S/C65H41N.C13H5F4N.C13H10.C7BrF4N.C6H7BO2.CH4/c66-38-56-62(58-48-30-12-4-22-40(48)41-23-5-13-31-49(41)58)64(60-52-34-16-8-26-44(52)45-27-9-17-35-53(45)60)57(39-20-2-1-3-21-39)65(61-54-36-18-10-28-46(54)47-29-11-19-37-55(47)61)63(56)59-50-32-14-6-24-42(50)43-25-7-15-33-51(43)59;14-10-8(6-18)11(15)13(17)9(12(10)16)7-4-2-1-3-5-7;1-3-7-12-10(5-1)9-11-6-2-4-8-13(11)12;8-3-6(11)4(9)2(1-13)5(10)7(3)12;8-7(9)6-4-2-1-3-5-6;/h1-37,58-61H;1-5H;1-8H,9H2;;1-5,8-9H;1H4. The van der Waals surface area contributed by atoms with Crippen LogP contribution in [-0.2, 0) is 6.42 Å². The molecule has 0 amide bonds. The van der Waals surface area contributed by atoms with Crippen molar-refractivity contribution in [1.29, 1.82) is 15.8 Å². The lowest BCUT2D eigenvalue weighted by Crippen LogP contribution is -2.29. The molecule has 0 unspecified atom stereocenters. The normalized spacial score (nSPS) is 12.4. The first kappa shape index (κ1) is 79.7. The molecule has 0 fully saturated rings. The average Bonchev–Trinajstić information content (AvgIpc) is 1.56. The summed E-state index contributed by atoms with van der Waals surface area (Å²) >= 11 is 2.30. The van der Waals surface area contributed by atoms with Crippen molar-refractivity contribution >= 4 is 28.5 Å². The molecular weight excluding hydrogens is 1580 g/mol. The third-order valence-corrected chi connectivity index (χ3v) is 23.6. The summed E-state index contributed by atoms with van der Waals surface area (Å²) in [5.74, 6) is -13.9. The molecule has 0 saturated heterocycles. The van der Waals surface area contributed by atoms with Crippen molar-refractivity contribution in [3.8, 4) is 96.1 Å². The zero-order valence-electron chi connectivity index (χ0n) is 63.0. The Balaban J connectivity index is 0.000000158. The maximum absolute atomic E-state index is 13.6. The Morgan fingerprint density at radius 3 is 0.750 bits per heavy atom. The topological polar surface area (TPSA) is 112 Å². The molecule has 2 N–H and O–H groups in total. The maximum atomic E-state index is 13.6. The van der Waals surface area contributed by atoms with E-state index in [4.69, 9.17) is 20.6 Å². The van der Waals surface area contributed by atoms with Gasteiger partial charge in [-0.05, 0) is 178 Å². The number of hydrogen-bond donors (Lipinski definition) is 2. The van der Waals surface area contributed by atoms with Crippen LogP contribution in [0.5, 0.6) is 0 Å². The van der Waals surface area contributed by atoms with Gasteiger partial charge in [0.25, 0.3) is 0 Å². The van der Waals surface area contributed by atoms with E-state index in [-0.39, 0.29) is 36.7 Å². The Morgan fingerprint density at radius 2 is 0.483 bits per heavy atom. The summed E-state index contributed by atoms with van der Waals surface area (Å²) in [4.78, 5) is 0. The quantitative estimate of drug-likeness (QED) is 0.0715. The summed E-state index contributed by atoms with van der Waals surface area (Å²) in [7, 11) is -1.34. The van der Waals surface area contributed by atoms with Crippen LogP contribution in [0.3, 0.4) is 0 Å². The fourth-order valence-electron chi connectivity index (χ4n) is 17.9. The molecule has 15 heteroatoms. The second-order valence-electron chi connectivity index (χ2n) is 29.1. The molecule has 0 heterocycles. The van der Waals surface area contributed by atoms with Gasteiger partial charge in [0.2, 0.25) is 0 Å². The lowest BCUT2D eigenvalue weighted by atomic mass is 9.66. The van der Waals surface area contributed by atoms with Crippen LogP contribution in [0.15, 0.2) is 338 Å². The largest absolute Gasteiger partial charge is 0.488 e. The van der Waals surface area contributed by atoms with Gasteiger partial charge in [0.1, 0.15) is 23.3 Å².